The lowest BCUT2D eigenvalue weighted by molar-refractivity contribution is 0.329. The average molecular weight is 263 g/mol. The summed E-state index contributed by atoms with van der Waals surface area (Å²) >= 11 is 0. The van der Waals surface area contributed by atoms with Gasteiger partial charge in [0.1, 0.15) is 0 Å². The molecule has 1 N–H and O–H groups in total. The predicted molar refractivity (Wildman–Crippen MR) is 83.6 cm³/mol. The molecule has 0 aliphatic rings. The topological polar surface area (TPSA) is 28.2 Å². The van der Waals surface area contributed by atoms with Crippen LogP contribution < -0.4 is 10.2 Å². The highest BCUT2D eigenvalue weighted by Gasteiger charge is 2.24. The van der Waals surface area contributed by atoms with Crippen molar-refractivity contribution in [3.8, 4) is 0 Å². The molecule has 0 aliphatic carbocycles. The zero-order valence-corrected chi connectivity index (χ0v) is 13.5. The Morgan fingerprint density at radius 2 is 1.95 bits per heavy atom. The first-order valence-electron chi connectivity index (χ1n) is 7.17. The standard InChI is InChI=1S/C16H29N3/c1-8-14(17-6)15-10-9-13(11-18-15)19(7)12(2)16(3,4)5/h9-12,14,17H,8H2,1-7H3. The minimum Gasteiger partial charge on any atom is -0.370 e. The van der Waals surface area contributed by atoms with Gasteiger partial charge < -0.3 is 10.2 Å². The van der Waals surface area contributed by atoms with Gasteiger partial charge in [-0.25, -0.2) is 0 Å². The van der Waals surface area contributed by atoms with Crippen molar-refractivity contribution in [1.82, 2.24) is 10.3 Å². The van der Waals surface area contributed by atoms with Crippen LogP contribution >= 0.6 is 0 Å². The van der Waals surface area contributed by atoms with E-state index in [1.54, 1.807) is 0 Å². The molecule has 2 atom stereocenters. The minimum atomic E-state index is 0.254. The maximum absolute atomic E-state index is 4.60. The first kappa shape index (κ1) is 16.0. The highest BCUT2D eigenvalue weighted by atomic mass is 15.1. The van der Waals surface area contributed by atoms with E-state index in [0.717, 1.165) is 12.1 Å². The van der Waals surface area contributed by atoms with Gasteiger partial charge in [0.2, 0.25) is 0 Å². The summed E-state index contributed by atoms with van der Waals surface area (Å²) in [7, 11) is 4.12. The number of pyridine rings is 1. The number of aromatic nitrogens is 1. The van der Waals surface area contributed by atoms with Gasteiger partial charge in [-0.15, -0.1) is 0 Å². The molecular formula is C16H29N3. The molecule has 0 aliphatic heterocycles. The van der Waals surface area contributed by atoms with E-state index in [1.165, 1.54) is 5.69 Å². The molecule has 0 amide bonds. The third-order valence-corrected chi connectivity index (χ3v) is 4.13. The molecule has 3 nitrogen and oxygen atoms in total. The van der Waals surface area contributed by atoms with E-state index >= 15 is 0 Å². The van der Waals surface area contributed by atoms with Gasteiger partial charge in [0.25, 0.3) is 0 Å². The van der Waals surface area contributed by atoms with Gasteiger partial charge in [-0.05, 0) is 37.9 Å². The highest BCUT2D eigenvalue weighted by Crippen LogP contribution is 2.27. The molecule has 19 heavy (non-hydrogen) atoms. The van der Waals surface area contributed by atoms with Crippen molar-refractivity contribution in [3.63, 3.8) is 0 Å². The van der Waals surface area contributed by atoms with Gasteiger partial charge in [-0.3, -0.25) is 4.98 Å². The third kappa shape index (κ3) is 3.93. The molecular weight excluding hydrogens is 234 g/mol. The molecule has 0 bridgehead atoms. The lowest BCUT2D eigenvalue weighted by atomic mass is 9.87. The van der Waals surface area contributed by atoms with E-state index in [-0.39, 0.29) is 5.41 Å². The van der Waals surface area contributed by atoms with Gasteiger partial charge in [0.05, 0.1) is 17.6 Å². The van der Waals surface area contributed by atoms with Gasteiger partial charge >= 0.3 is 0 Å². The second-order valence-electron chi connectivity index (χ2n) is 6.34. The van der Waals surface area contributed by atoms with Crippen molar-refractivity contribution in [2.45, 2.75) is 53.1 Å². The maximum atomic E-state index is 4.60. The molecule has 1 heterocycles. The Balaban J connectivity index is 2.87. The molecule has 0 saturated carbocycles. The van der Waals surface area contributed by atoms with Crippen molar-refractivity contribution in [2.75, 3.05) is 19.0 Å². The molecule has 0 radical (unpaired) electrons. The molecule has 1 aromatic heterocycles. The summed E-state index contributed by atoms with van der Waals surface area (Å²) in [5.74, 6) is 0. The van der Waals surface area contributed by atoms with Gasteiger partial charge in [-0.2, -0.15) is 0 Å². The molecule has 0 spiro atoms. The third-order valence-electron chi connectivity index (χ3n) is 4.13. The monoisotopic (exact) mass is 263 g/mol. The number of anilines is 1. The first-order valence-corrected chi connectivity index (χ1v) is 7.17. The van der Waals surface area contributed by atoms with Crippen LogP contribution in [0.25, 0.3) is 0 Å². The molecule has 3 heteroatoms. The minimum absolute atomic E-state index is 0.254. The number of nitrogens with one attached hydrogen (secondary N) is 1. The molecule has 1 aromatic rings. The van der Waals surface area contributed by atoms with Crippen molar-refractivity contribution < 1.29 is 0 Å². The summed E-state index contributed by atoms with van der Waals surface area (Å²) in [6.45, 7) is 11.2. The zero-order valence-electron chi connectivity index (χ0n) is 13.5. The summed E-state index contributed by atoms with van der Waals surface area (Å²) in [4.78, 5) is 6.90. The summed E-state index contributed by atoms with van der Waals surface area (Å²) in [6.07, 6.45) is 3.04. The number of nitrogens with zero attached hydrogens (tertiary/aromatic N) is 2. The fraction of sp³-hybridized carbons (Fsp3) is 0.688. The van der Waals surface area contributed by atoms with E-state index in [0.29, 0.717) is 12.1 Å². The van der Waals surface area contributed by atoms with Crippen LogP contribution in [-0.2, 0) is 0 Å². The van der Waals surface area contributed by atoms with Crippen LogP contribution in [0.5, 0.6) is 0 Å². The Morgan fingerprint density at radius 3 is 2.32 bits per heavy atom. The first-order chi connectivity index (χ1) is 8.81. The van der Waals surface area contributed by atoms with Crippen LogP contribution in [0.3, 0.4) is 0 Å². The SMILES string of the molecule is CCC(NC)c1ccc(N(C)C(C)C(C)(C)C)cn1. The lowest BCUT2D eigenvalue weighted by Crippen LogP contribution is -2.39. The van der Waals surface area contributed by atoms with Crippen LogP contribution in [0.1, 0.15) is 52.8 Å². The smallest absolute Gasteiger partial charge is 0.0574 e. The Labute approximate surface area is 118 Å². The lowest BCUT2D eigenvalue weighted by Gasteiger charge is -2.36. The molecule has 0 fully saturated rings. The summed E-state index contributed by atoms with van der Waals surface area (Å²) < 4.78 is 0. The predicted octanol–water partition coefficient (Wildman–Crippen LogP) is 3.62. The Morgan fingerprint density at radius 1 is 1.32 bits per heavy atom. The largest absolute Gasteiger partial charge is 0.370 e. The summed E-state index contributed by atoms with van der Waals surface area (Å²) in [5.41, 5.74) is 2.55. The highest BCUT2D eigenvalue weighted by molar-refractivity contribution is 5.45. The Bertz CT molecular complexity index is 374. The van der Waals surface area contributed by atoms with E-state index in [1.807, 2.05) is 13.2 Å². The van der Waals surface area contributed by atoms with Crippen molar-refractivity contribution in [1.29, 1.82) is 0 Å². The van der Waals surface area contributed by atoms with Crippen LogP contribution in [-0.4, -0.2) is 25.1 Å². The number of rotatable bonds is 5. The summed E-state index contributed by atoms with van der Waals surface area (Å²) in [5, 5.41) is 3.29. The van der Waals surface area contributed by atoms with Crippen LogP contribution in [0.4, 0.5) is 5.69 Å². The Hall–Kier alpha value is -1.09. The second kappa shape index (κ2) is 6.38. The van der Waals surface area contributed by atoms with Crippen molar-refractivity contribution in [2.24, 2.45) is 5.41 Å². The molecule has 1 rings (SSSR count). The molecule has 2 unspecified atom stereocenters. The van der Waals surface area contributed by atoms with Crippen LogP contribution in [0.2, 0.25) is 0 Å². The summed E-state index contributed by atoms with van der Waals surface area (Å²) in [6, 6.07) is 5.11. The van der Waals surface area contributed by atoms with Crippen molar-refractivity contribution >= 4 is 5.69 Å². The van der Waals surface area contributed by atoms with Crippen LogP contribution in [0.15, 0.2) is 18.3 Å². The molecule has 0 aromatic carbocycles. The van der Waals surface area contributed by atoms with Crippen molar-refractivity contribution in [3.05, 3.63) is 24.0 Å². The van der Waals surface area contributed by atoms with E-state index in [9.17, 15) is 0 Å². The fourth-order valence-corrected chi connectivity index (χ4v) is 2.18. The Kier molecular flexibility index (Phi) is 5.36. The number of hydrogen-bond donors (Lipinski definition) is 1. The van der Waals surface area contributed by atoms with E-state index in [2.05, 4.69) is 69.0 Å². The average Bonchev–Trinajstić information content (AvgIpc) is 2.38. The fourth-order valence-electron chi connectivity index (χ4n) is 2.18. The van der Waals surface area contributed by atoms with E-state index in [4.69, 9.17) is 0 Å². The molecule has 108 valence electrons. The van der Waals surface area contributed by atoms with Gasteiger partial charge in [0.15, 0.2) is 0 Å². The van der Waals surface area contributed by atoms with Crippen LogP contribution in [0, 0.1) is 5.41 Å². The zero-order chi connectivity index (χ0) is 14.6. The quantitative estimate of drug-likeness (QED) is 0.879. The number of hydrogen-bond acceptors (Lipinski definition) is 3. The van der Waals surface area contributed by atoms with Gasteiger partial charge in [0, 0.05) is 19.1 Å². The maximum Gasteiger partial charge on any atom is 0.0574 e. The van der Waals surface area contributed by atoms with E-state index < -0.39 is 0 Å². The molecule has 0 saturated heterocycles. The second-order valence-corrected chi connectivity index (χ2v) is 6.34. The normalized spacial score (nSPS) is 15.1. The van der Waals surface area contributed by atoms with Gasteiger partial charge in [-0.1, -0.05) is 27.7 Å².